The van der Waals surface area contributed by atoms with Crippen LogP contribution >= 0.6 is 11.6 Å². The fourth-order valence-electron chi connectivity index (χ4n) is 4.50. The zero-order chi connectivity index (χ0) is 25.1. The highest BCUT2D eigenvalue weighted by Gasteiger charge is 2.29. The predicted octanol–water partition coefficient (Wildman–Crippen LogP) is 5.64. The van der Waals surface area contributed by atoms with Gasteiger partial charge in [0.25, 0.3) is 5.91 Å². The van der Waals surface area contributed by atoms with Crippen molar-refractivity contribution in [2.24, 2.45) is 0 Å². The first kappa shape index (κ1) is 24.3. The molecule has 2 amide bonds. The number of amides is 2. The van der Waals surface area contributed by atoms with Gasteiger partial charge < -0.3 is 14.7 Å². The molecule has 0 bridgehead atoms. The Morgan fingerprint density at radius 2 is 1.63 bits per heavy atom. The Hall–Kier alpha value is -3.84. The van der Waals surface area contributed by atoms with Crippen LogP contribution in [0.5, 0.6) is 0 Å². The van der Waals surface area contributed by atoms with Crippen LogP contribution in [0.25, 0.3) is 11.1 Å². The summed E-state index contributed by atoms with van der Waals surface area (Å²) in [5.41, 5.74) is 4.90. The molecular weight excluding hydrogens is 468 g/mol. The Kier molecular flexibility index (Phi) is 7.07. The molecule has 35 heavy (non-hydrogen) atoms. The fourth-order valence-corrected chi connectivity index (χ4v) is 4.73. The number of nitrogens with zero attached hydrogens (tertiary/aromatic N) is 1. The molecule has 0 spiro atoms. The predicted molar refractivity (Wildman–Crippen MR) is 134 cm³/mol. The molecular formula is C27H25ClN2O5. The van der Waals surface area contributed by atoms with Gasteiger partial charge in [-0.25, -0.2) is 9.59 Å². The molecule has 1 aliphatic rings. The SMILES string of the molecule is CCC(C(=O)O)N(C)C(=O)c1cc(Cl)cc(NC(=O)OCC2c3ccccc3-c3ccccc32)c1. The average Bonchev–Trinajstić information content (AvgIpc) is 3.15. The van der Waals surface area contributed by atoms with Gasteiger partial charge in [-0.15, -0.1) is 0 Å². The van der Waals surface area contributed by atoms with Crippen molar-refractivity contribution in [3.05, 3.63) is 88.4 Å². The van der Waals surface area contributed by atoms with Gasteiger partial charge in [-0.1, -0.05) is 67.1 Å². The molecule has 0 aliphatic heterocycles. The second kappa shape index (κ2) is 10.2. The van der Waals surface area contributed by atoms with Gasteiger partial charge in [0.15, 0.2) is 0 Å². The van der Waals surface area contributed by atoms with E-state index in [1.165, 1.54) is 25.2 Å². The van der Waals surface area contributed by atoms with Gasteiger partial charge in [-0.05, 0) is 46.9 Å². The Morgan fingerprint density at radius 3 is 2.20 bits per heavy atom. The van der Waals surface area contributed by atoms with Gasteiger partial charge in [0, 0.05) is 29.2 Å². The average molecular weight is 493 g/mol. The Labute approximate surface area is 208 Å². The van der Waals surface area contributed by atoms with Crippen molar-refractivity contribution in [2.75, 3.05) is 19.0 Å². The van der Waals surface area contributed by atoms with Gasteiger partial charge in [0.05, 0.1) is 0 Å². The summed E-state index contributed by atoms with van der Waals surface area (Å²) in [6.07, 6.45) is -0.430. The molecule has 1 unspecified atom stereocenters. The molecule has 3 aromatic carbocycles. The van der Waals surface area contributed by atoms with Gasteiger partial charge in [0.2, 0.25) is 0 Å². The van der Waals surface area contributed by atoms with E-state index < -0.39 is 24.0 Å². The van der Waals surface area contributed by atoms with Gasteiger partial charge >= 0.3 is 12.1 Å². The summed E-state index contributed by atoms with van der Waals surface area (Å²) in [6, 6.07) is 19.5. The first-order valence-electron chi connectivity index (χ1n) is 11.2. The third-order valence-electron chi connectivity index (χ3n) is 6.19. The van der Waals surface area contributed by atoms with E-state index in [2.05, 4.69) is 17.4 Å². The summed E-state index contributed by atoms with van der Waals surface area (Å²) in [4.78, 5) is 38.0. The van der Waals surface area contributed by atoms with Gasteiger partial charge in [-0.3, -0.25) is 10.1 Å². The molecule has 180 valence electrons. The zero-order valence-electron chi connectivity index (χ0n) is 19.3. The Balaban J connectivity index is 1.46. The number of carboxylic acid groups (broad SMARTS) is 1. The fraction of sp³-hybridized carbons (Fsp3) is 0.222. The van der Waals surface area contributed by atoms with E-state index in [1.807, 2.05) is 36.4 Å². The minimum atomic E-state index is -1.10. The third-order valence-corrected chi connectivity index (χ3v) is 6.41. The lowest BCUT2D eigenvalue weighted by atomic mass is 9.98. The summed E-state index contributed by atoms with van der Waals surface area (Å²) in [6.45, 7) is 1.83. The standard InChI is InChI=1S/C27H25ClN2O5/c1-3-24(26(32)33)30(2)25(31)16-12-17(28)14-18(13-16)29-27(34)35-15-23-21-10-6-4-8-19(21)20-9-5-7-11-22(20)23/h4-14,23-24H,3,15H2,1-2H3,(H,29,34)(H,32,33). The smallest absolute Gasteiger partial charge is 0.411 e. The van der Waals surface area contributed by atoms with E-state index in [0.29, 0.717) is 0 Å². The quantitative estimate of drug-likeness (QED) is 0.445. The van der Waals surface area contributed by atoms with Crippen LogP contribution in [0.1, 0.15) is 40.7 Å². The maximum atomic E-state index is 12.8. The molecule has 8 heteroatoms. The number of carbonyl (C=O) groups excluding carboxylic acids is 2. The normalized spacial score (nSPS) is 12.9. The number of nitrogens with one attached hydrogen (secondary N) is 1. The molecule has 3 aromatic rings. The van der Waals surface area contributed by atoms with Gasteiger partial charge in [0.1, 0.15) is 12.6 Å². The number of ether oxygens (including phenoxy) is 1. The van der Waals surface area contributed by atoms with Crippen LogP contribution in [0.2, 0.25) is 5.02 Å². The van der Waals surface area contributed by atoms with Crippen molar-refractivity contribution < 1.29 is 24.2 Å². The highest BCUT2D eigenvalue weighted by Crippen LogP contribution is 2.44. The van der Waals surface area contributed by atoms with E-state index in [9.17, 15) is 19.5 Å². The molecule has 0 saturated heterocycles. The van der Waals surface area contributed by atoms with Crippen LogP contribution in [0.4, 0.5) is 10.5 Å². The lowest BCUT2D eigenvalue weighted by Crippen LogP contribution is -2.42. The van der Waals surface area contributed by atoms with E-state index in [4.69, 9.17) is 16.3 Å². The summed E-state index contributed by atoms with van der Waals surface area (Å²) in [5, 5.41) is 12.2. The van der Waals surface area contributed by atoms with E-state index in [1.54, 1.807) is 6.92 Å². The largest absolute Gasteiger partial charge is 0.480 e. The monoisotopic (exact) mass is 492 g/mol. The number of rotatable bonds is 7. The van der Waals surface area contributed by atoms with Crippen molar-refractivity contribution in [1.82, 2.24) is 4.90 Å². The topological polar surface area (TPSA) is 95.9 Å². The highest BCUT2D eigenvalue weighted by atomic mass is 35.5. The summed E-state index contributed by atoms with van der Waals surface area (Å²) < 4.78 is 5.55. The summed E-state index contributed by atoms with van der Waals surface area (Å²) >= 11 is 6.17. The van der Waals surface area contributed by atoms with E-state index in [0.717, 1.165) is 27.2 Å². The number of aliphatic carboxylic acids is 1. The van der Waals surface area contributed by atoms with Crippen molar-refractivity contribution in [1.29, 1.82) is 0 Å². The van der Waals surface area contributed by atoms with Crippen LogP contribution in [0.15, 0.2) is 66.7 Å². The van der Waals surface area contributed by atoms with E-state index in [-0.39, 0.29) is 35.2 Å². The van der Waals surface area contributed by atoms with Crippen molar-refractivity contribution in [3.8, 4) is 11.1 Å². The minimum Gasteiger partial charge on any atom is -0.480 e. The number of carboxylic acids is 1. The van der Waals surface area contributed by atoms with Crippen molar-refractivity contribution >= 4 is 35.3 Å². The third kappa shape index (κ3) is 5.00. The van der Waals surface area contributed by atoms with Crippen molar-refractivity contribution in [2.45, 2.75) is 25.3 Å². The van der Waals surface area contributed by atoms with Gasteiger partial charge in [-0.2, -0.15) is 0 Å². The summed E-state index contributed by atoms with van der Waals surface area (Å²) in [5.74, 6) is -1.69. The molecule has 1 aliphatic carbocycles. The highest BCUT2D eigenvalue weighted by molar-refractivity contribution is 6.31. The number of halogens is 1. The first-order valence-corrected chi connectivity index (χ1v) is 11.6. The van der Waals surface area contributed by atoms with Crippen LogP contribution < -0.4 is 5.32 Å². The number of hydrogen-bond acceptors (Lipinski definition) is 4. The van der Waals surface area contributed by atoms with Crippen LogP contribution in [0, 0.1) is 0 Å². The number of benzene rings is 3. The number of carbonyl (C=O) groups is 3. The molecule has 0 fully saturated rings. The van der Waals surface area contributed by atoms with Crippen LogP contribution in [0.3, 0.4) is 0 Å². The Morgan fingerprint density at radius 1 is 1.03 bits per heavy atom. The lowest BCUT2D eigenvalue weighted by molar-refractivity contribution is -0.142. The zero-order valence-corrected chi connectivity index (χ0v) is 20.1. The lowest BCUT2D eigenvalue weighted by Gasteiger charge is -2.24. The molecule has 0 saturated carbocycles. The van der Waals surface area contributed by atoms with E-state index >= 15 is 0 Å². The second-order valence-electron chi connectivity index (χ2n) is 8.36. The first-order chi connectivity index (χ1) is 16.8. The molecule has 7 nitrogen and oxygen atoms in total. The van der Waals surface area contributed by atoms with Crippen LogP contribution in [-0.4, -0.2) is 47.7 Å². The number of hydrogen-bond donors (Lipinski definition) is 2. The molecule has 4 rings (SSSR count). The van der Waals surface area contributed by atoms with Crippen LogP contribution in [-0.2, 0) is 9.53 Å². The number of fused-ring (bicyclic) bond motifs is 3. The minimum absolute atomic E-state index is 0.0831. The molecule has 0 radical (unpaired) electrons. The van der Waals surface area contributed by atoms with Crippen molar-refractivity contribution in [3.63, 3.8) is 0 Å². The molecule has 0 heterocycles. The Bertz CT molecular complexity index is 1250. The molecule has 0 aromatic heterocycles. The number of anilines is 1. The maximum Gasteiger partial charge on any atom is 0.411 e. The maximum absolute atomic E-state index is 12.8. The summed E-state index contributed by atoms with van der Waals surface area (Å²) in [7, 11) is 1.42. The molecule has 2 N–H and O–H groups in total. The molecule has 1 atom stereocenters. The number of likely N-dealkylation sites (N-methyl/N-ethyl adjacent to an activating group) is 1. The second-order valence-corrected chi connectivity index (χ2v) is 8.79.